The molecule has 0 radical (unpaired) electrons. The minimum Gasteiger partial charge on any atom is -0.481 e. The van der Waals surface area contributed by atoms with E-state index in [2.05, 4.69) is 5.32 Å². The quantitative estimate of drug-likeness (QED) is 0.570. The van der Waals surface area contributed by atoms with Crippen molar-refractivity contribution < 1.29 is 14.7 Å². The van der Waals surface area contributed by atoms with Crippen LogP contribution in [0, 0.1) is 13.8 Å². The van der Waals surface area contributed by atoms with Crippen LogP contribution >= 0.6 is 11.6 Å². The molecule has 6 heteroatoms. The van der Waals surface area contributed by atoms with Crippen LogP contribution in [0.15, 0.2) is 54.6 Å². The van der Waals surface area contributed by atoms with Crippen LogP contribution < -0.4 is 5.32 Å². The summed E-state index contributed by atoms with van der Waals surface area (Å²) in [6, 6.07) is 17.2. The van der Waals surface area contributed by atoms with Gasteiger partial charge in [0, 0.05) is 22.1 Å². The Kier molecular flexibility index (Phi) is 6.39. The SMILES string of the molecule is Cc1ccc(-c2ccc(CCC(=O)O)n2CC(=O)Nc2ccc(C)c(Cl)c2)cc1. The molecule has 1 amide bonds. The van der Waals surface area contributed by atoms with Gasteiger partial charge in [-0.1, -0.05) is 47.5 Å². The minimum atomic E-state index is -0.867. The molecule has 0 spiro atoms. The molecule has 0 unspecified atom stereocenters. The number of benzene rings is 2. The molecule has 1 aromatic heterocycles. The van der Waals surface area contributed by atoms with Crippen molar-refractivity contribution in [3.05, 3.63) is 76.4 Å². The Bertz CT molecular complexity index is 1040. The van der Waals surface area contributed by atoms with E-state index in [4.69, 9.17) is 16.7 Å². The highest BCUT2D eigenvalue weighted by Gasteiger charge is 2.15. The van der Waals surface area contributed by atoms with Crippen LogP contribution in [-0.2, 0) is 22.6 Å². The molecule has 2 aromatic carbocycles. The number of carboxylic acids is 1. The number of carboxylic acid groups (broad SMARTS) is 1. The van der Waals surface area contributed by atoms with Crippen molar-refractivity contribution in [2.45, 2.75) is 33.2 Å². The molecule has 0 bridgehead atoms. The molecule has 0 aliphatic heterocycles. The Morgan fingerprint density at radius 2 is 1.76 bits per heavy atom. The van der Waals surface area contributed by atoms with E-state index in [0.29, 0.717) is 17.1 Å². The van der Waals surface area contributed by atoms with Crippen LogP contribution in [0.4, 0.5) is 5.69 Å². The smallest absolute Gasteiger partial charge is 0.303 e. The summed E-state index contributed by atoms with van der Waals surface area (Å²) in [5, 5.41) is 12.5. The Labute approximate surface area is 174 Å². The van der Waals surface area contributed by atoms with Gasteiger partial charge in [0.2, 0.25) is 5.91 Å². The zero-order chi connectivity index (χ0) is 21.0. The molecule has 0 atom stereocenters. The summed E-state index contributed by atoms with van der Waals surface area (Å²) < 4.78 is 1.87. The third-order valence-electron chi connectivity index (χ3n) is 4.77. The van der Waals surface area contributed by atoms with Crippen LogP contribution in [0.25, 0.3) is 11.3 Å². The summed E-state index contributed by atoms with van der Waals surface area (Å²) in [5.74, 6) is -1.07. The van der Waals surface area contributed by atoms with Crippen molar-refractivity contribution in [3.8, 4) is 11.3 Å². The zero-order valence-corrected chi connectivity index (χ0v) is 17.2. The number of hydrogen-bond acceptors (Lipinski definition) is 2. The van der Waals surface area contributed by atoms with Gasteiger partial charge in [0.15, 0.2) is 0 Å². The standard InChI is InChI=1S/C23H23ClN2O3/c1-15-3-6-17(7-4-15)21-11-9-19(10-12-23(28)29)26(21)14-22(27)25-18-8-5-16(2)20(24)13-18/h3-9,11,13H,10,12,14H2,1-2H3,(H,25,27)(H,28,29). The third-order valence-corrected chi connectivity index (χ3v) is 5.18. The zero-order valence-electron chi connectivity index (χ0n) is 16.4. The Balaban J connectivity index is 1.86. The van der Waals surface area contributed by atoms with Gasteiger partial charge < -0.3 is 15.0 Å². The minimum absolute atomic E-state index is 0.00649. The fourth-order valence-corrected chi connectivity index (χ4v) is 3.32. The van der Waals surface area contributed by atoms with Crippen LogP contribution in [0.3, 0.4) is 0 Å². The molecular weight excluding hydrogens is 388 g/mol. The second-order valence-corrected chi connectivity index (χ2v) is 7.48. The lowest BCUT2D eigenvalue weighted by atomic mass is 10.1. The lowest BCUT2D eigenvalue weighted by molar-refractivity contribution is -0.137. The van der Waals surface area contributed by atoms with E-state index in [-0.39, 0.29) is 18.9 Å². The maximum atomic E-state index is 12.7. The number of amides is 1. The number of carbonyl (C=O) groups excluding carboxylic acids is 1. The number of rotatable bonds is 7. The molecule has 3 rings (SSSR count). The highest BCUT2D eigenvalue weighted by atomic mass is 35.5. The number of aliphatic carboxylic acids is 1. The molecule has 2 N–H and O–H groups in total. The second kappa shape index (κ2) is 8.97. The number of nitrogens with zero attached hydrogens (tertiary/aromatic N) is 1. The van der Waals surface area contributed by atoms with E-state index in [1.807, 2.05) is 60.9 Å². The van der Waals surface area contributed by atoms with Gasteiger partial charge in [0.25, 0.3) is 0 Å². The molecule has 29 heavy (non-hydrogen) atoms. The van der Waals surface area contributed by atoms with Crippen molar-refractivity contribution in [1.82, 2.24) is 4.57 Å². The first-order chi connectivity index (χ1) is 13.8. The fraction of sp³-hybridized carbons (Fsp3) is 0.217. The van der Waals surface area contributed by atoms with Gasteiger partial charge in [-0.25, -0.2) is 0 Å². The Morgan fingerprint density at radius 3 is 2.41 bits per heavy atom. The topological polar surface area (TPSA) is 71.3 Å². The number of nitrogens with one attached hydrogen (secondary N) is 1. The van der Waals surface area contributed by atoms with Crippen molar-refractivity contribution in [2.75, 3.05) is 5.32 Å². The summed E-state index contributed by atoms with van der Waals surface area (Å²) in [7, 11) is 0. The molecular formula is C23H23ClN2O3. The average Bonchev–Trinajstić information content (AvgIpc) is 3.06. The highest BCUT2D eigenvalue weighted by molar-refractivity contribution is 6.31. The number of anilines is 1. The summed E-state index contributed by atoms with van der Waals surface area (Å²) in [4.78, 5) is 23.7. The molecule has 150 valence electrons. The van der Waals surface area contributed by atoms with Gasteiger partial charge in [-0.3, -0.25) is 9.59 Å². The van der Waals surface area contributed by atoms with Gasteiger partial charge in [0.1, 0.15) is 6.54 Å². The molecule has 0 aliphatic carbocycles. The third kappa shape index (κ3) is 5.27. The van der Waals surface area contributed by atoms with Crippen LogP contribution in [-0.4, -0.2) is 21.6 Å². The van der Waals surface area contributed by atoms with E-state index >= 15 is 0 Å². The summed E-state index contributed by atoms with van der Waals surface area (Å²) in [6.07, 6.45) is 0.359. The van der Waals surface area contributed by atoms with Crippen molar-refractivity contribution in [1.29, 1.82) is 0 Å². The molecule has 0 saturated carbocycles. The molecule has 0 saturated heterocycles. The predicted octanol–water partition coefficient (Wildman–Crippen LogP) is 5.08. The Hall–Kier alpha value is -3.05. The number of hydrogen-bond donors (Lipinski definition) is 2. The van der Waals surface area contributed by atoms with E-state index in [0.717, 1.165) is 28.1 Å². The van der Waals surface area contributed by atoms with E-state index in [1.54, 1.807) is 12.1 Å². The second-order valence-electron chi connectivity index (χ2n) is 7.07. The maximum absolute atomic E-state index is 12.7. The molecule has 5 nitrogen and oxygen atoms in total. The lowest BCUT2D eigenvalue weighted by Gasteiger charge is -2.14. The number of carbonyl (C=O) groups is 2. The van der Waals surface area contributed by atoms with Crippen LogP contribution in [0.1, 0.15) is 23.2 Å². The fourth-order valence-electron chi connectivity index (χ4n) is 3.14. The monoisotopic (exact) mass is 410 g/mol. The molecule has 1 heterocycles. The van der Waals surface area contributed by atoms with Gasteiger partial charge in [-0.15, -0.1) is 0 Å². The van der Waals surface area contributed by atoms with Crippen molar-refractivity contribution >= 4 is 29.2 Å². The largest absolute Gasteiger partial charge is 0.481 e. The molecule has 3 aromatic rings. The van der Waals surface area contributed by atoms with E-state index < -0.39 is 5.97 Å². The van der Waals surface area contributed by atoms with E-state index in [9.17, 15) is 9.59 Å². The van der Waals surface area contributed by atoms with Gasteiger partial charge in [0.05, 0.1) is 6.42 Å². The first kappa shape index (κ1) is 20.7. The van der Waals surface area contributed by atoms with E-state index in [1.165, 1.54) is 0 Å². The predicted molar refractivity (Wildman–Crippen MR) is 115 cm³/mol. The van der Waals surface area contributed by atoms with Crippen LogP contribution in [0.5, 0.6) is 0 Å². The average molecular weight is 411 g/mol. The molecule has 0 fully saturated rings. The molecule has 0 aliphatic rings. The first-order valence-corrected chi connectivity index (χ1v) is 9.74. The first-order valence-electron chi connectivity index (χ1n) is 9.37. The van der Waals surface area contributed by atoms with Gasteiger partial charge in [-0.05, 0) is 55.7 Å². The summed E-state index contributed by atoms with van der Waals surface area (Å²) in [5.41, 5.74) is 5.37. The van der Waals surface area contributed by atoms with Crippen LogP contribution in [0.2, 0.25) is 5.02 Å². The van der Waals surface area contributed by atoms with Gasteiger partial charge >= 0.3 is 5.97 Å². The highest BCUT2D eigenvalue weighted by Crippen LogP contribution is 2.25. The number of aryl methyl sites for hydroxylation is 3. The lowest BCUT2D eigenvalue weighted by Crippen LogP contribution is -2.21. The summed E-state index contributed by atoms with van der Waals surface area (Å²) >= 11 is 6.14. The van der Waals surface area contributed by atoms with Gasteiger partial charge in [-0.2, -0.15) is 0 Å². The maximum Gasteiger partial charge on any atom is 0.303 e. The van der Waals surface area contributed by atoms with Crippen molar-refractivity contribution in [2.24, 2.45) is 0 Å². The normalized spacial score (nSPS) is 10.7. The number of aromatic nitrogens is 1. The Morgan fingerprint density at radius 1 is 1.03 bits per heavy atom. The summed E-state index contributed by atoms with van der Waals surface area (Å²) in [6.45, 7) is 3.99. The number of halogens is 1. The van der Waals surface area contributed by atoms with Crippen molar-refractivity contribution in [3.63, 3.8) is 0 Å².